The van der Waals surface area contributed by atoms with E-state index in [1.54, 1.807) is 33.8 Å². The molecular weight excluding hydrogens is 572 g/mol. The molecule has 44 heavy (non-hydrogen) atoms. The maximum Gasteiger partial charge on any atom is 0.336 e. The van der Waals surface area contributed by atoms with E-state index >= 15 is 0 Å². The summed E-state index contributed by atoms with van der Waals surface area (Å²) in [4.78, 5) is 65.2. The van der Waals surface area contributed by atoms with Gasteiger partial charge in [-0.3, -0.25) is 19.2 Å². The zero-order chi connectivity index (χ0) is 32.7. The third kappa shape index (κ3) is 4.33. The molecule has 1 saturated heterocycles. The second-order valence-electron chi connectivity index (χ2n) is 14.0. The number of hydrogen-bond donors (Lipinski definition) is 1. The Morgan fingerprint density at radius 1 is 1.14 bits per heavy atom. The lowest BCUT2D eigenvalue weighted by Crippen LogP contribution is -2.67. The first-order valence-corrected chi connectivity index (χ1v) is 15.0. The zero-order valence-corrected chi connectivity index (χ0v) is 26.5. The lowest BCUT2D eigenvalue weighted by molar-refractivity contribution is -0.212. The molecule has 11 heteroatoms. The molecule has 0 amide bonds. The van der Waals surface area contributed by atoms with Crippen molar-refractivity contribution in [1.29, 1.82) is 0 Å². The highest BCUT2D eigenvalue weighted by Crippen LogP contribution is 2.76. The fourth-order valence-corrected chi connectivity index (χ4v) is 8.80. The van der Waals surface area contributed by atoms with Crippen LogP contribution < -0.4 is 0 Å². The predicted molar refractivity (Wildman–Crippen MR) is 153 cm³/mol. The molecule has 11 nitrogen and oxygen atoms in total. The van der Waals surface area contributed by atoms with Crippen LogP contribution in [0.2, 0.25) is 0 Å². The number of aliphatic hydroxyl groups is 1. The molecule has 5 rings (SSSR count). The van der Waals surface area contributed by atoms with Gasteiger partial charge in [0, 0.05) is 35.2 Å². The standard InChI is InChI=1S/C33H42O11/c1-15(2)28(38)43-27-26(41-17(4)34)25(31(7)11-10-21(35)30(5,6)20(31)14-23(36)40-9)16(3)33-22(44-33)13-19(32(27,33)8)18-12-24(37)42-29(18)39/h10-12,15,19-20,22,24-27,37H,3,13-14H2,1-2,4-9H3/t19-,20-,22+,24?,25+,26+,27-,31-,32+,33+/m0/s1. The second-order valence-corrected chi connectivity index (χ2v) is 14.0. The Morgan fingerprint density at radius 2 is 1.80 bits per heavy atom. The van der Waals surface area contributed by atoms with Crippen LogP contribution in [0.5, 0.6) is 0 Å². The SMILES string of the molecule is C=C1[C@@H]([C@@]2(C)C=CC(=O)C(C)(C)[C@@H]2CC(=O)OC)[C@@H](OC(C)=O)[C@H](OC(=O)C(C)C)[C@@]2(C)[C@H](C3=CC(O)OC3=O)C[C@H]3O[C@]132. The van der Waals surface area contributed by atoms with E-state index in [4.69, 9.17) is 23.7 Å². The normalized spacial score (nSPS) is 41.8. The minimum atomic E-state index is -1.42. The smallest absolute Gasteiger partial charge is 0.336 e. The molecule has 5 aliphatic rings. The minimum Gasteiger partial charge on any atom is -0.469 e. The topological polar surface area (TPSA) is 155 Å². The number of rotatable bonds is 7. The molecule has 1 spiro atoms. The van der Waals surface area contributed by atoms with Crippen LogP contribution in [0, 0.1) is 39.9 Å². The zero-order valence-electron chi connectivity index (χ0n) is 26.5. The number of hydrogen-bond acceptors (Lipinski definition) is 11. The summed E-state index contributed by atoms with van der Waals surface area (Å²) >= 11 is 0. The van der Waals surface area contributed by atoms with Crippen LogP contribution in [0.4, 0.5) is 0 Å². The number of carbonyl (C=O) groups is 5. The van der Waals surface area contributed by atoms with E-state index in [-0.39, 0.29) is 17.8 Å². The average molecular weight is 615 g/mol. The van der Waals surface area contributed by atoms with Crippen molar-refractivity contribution >= 4 is 29.7 Å². The quantitative estimate of drug-likeness (QED) is 0.195. The number of carbonyl (C=O) groups excluding carboxylic acids is 5. The Balaban J connectivity index is 1.74. The molecule has 2 heterocycles. The molecule has 10 atom stereocenters. The third-order valence-corrected chi connectivity index (χ3v) is 11.1. The monoisotopic (exact) mass is 614 g/mol. The molecule has 3 aliphatic carbocycles. The maximum atomic E-state index is 13.4. The highest BCUT2D eigenvalue weighted by molar-refractivity contribution is 5.96. The van der Waals surface area contributed by atoms with Gasteiger partial charge in [0.2, 0.25) is 6.29 Å². The number of aliphatic hydroxyl groups excluding tert-OH is 1. The minimum absolute atomic E-state index is 0.114. The summed E-state index contributed by atoms with van der Waals surface area (Å²) < 4.78 is 28.9. The summed E-state index contributed by atoms with van der Waals surface area (Å²) in [6.07, 6.45) is 0.643. The maximum absolute atomic E-state index is 13.4. The molecular formula is C33H42O11. The van der Waals surface area contributed by atoms with Gasteiger partial charge in [-0.05, 0) is 30.1 Å². The first kappa shape index (κ1) is 32.1. The van der Waals surface area contributed by atoms with E-state index in [9.17, 15) is 29.1 Å². The second kappa shape index (κ2) is 10.4. The van der Waals surface area contributed by atoms with Crippen LogP contribution in [0.25, 0.3) is 0 Å². The van der Waals surface area contributed by atoms with Crippen LogP contribution in [-0.4, -0.2) is 72.1 Å². The molecule has 2 aliphatic heterocycles. The number of ether oxygens (including phenoxy) is 5. The Labute approximate surface area is 256 Å². The van der Waals surface area contributed by atoms with Crippen molar-refractivity contribution in [3.8, 4) is 0 Å². The number of esters is 4. The van der Waals surface area contributed by atoms with Gasteiger partial charge in [0.25, 0.3) is 0 Å². The number of allylic oxidation sites excluding steroid dienone is 2. The largest absolute Gasteiger partial charge is 0.469 e. The molecule has 0 aromatic rings. The van der Waals surface area contributed by atoms with E-state index in [1.165, 1.54) is 26.2 Å². The van der Waals surface area contributed by atoms with Gasteiger partial charge in [-0.25, -0.2) is 4.79 Å². The van der Waals surface area contributed by atoms with Crippen LogP contribution in [0.15, 0.2) is 36.0 Å². The van der Waals surface area contributed by atoms with Gasteiger partial charge < -0.3 is 28.8 Å². The fraction of sp³-hybridized carbons (Fsp3) is 0.667. The van der Waals surface area contributed by atoms with E-state index in [0.29, 0.717) is 12.0 Å². The number of cyclic esters (lactones) is 1. The third-order valence-electron chi connectivity index (χ3n) is 11.1. The molecule has 0 aromatic heterocycles. The van der Waals surface area contributed by atoms with Crippen LogP contribution in [-0.2, 0) is 47.7 Å². The molecule has 1 unspecified atom stereocenters. The lowest BCUT2D eigenvalue weighted by Gasteiger charge is -2.59. The number of methoxy groups -OCH3 is 1. The molecule has 240 valence electrons. The summed E-state index contributed by atoms with van der Waals surface area (Å²) in [6, 6.07) is 0. The summed E-state index contributed by atoms with van der Waals surface area (Å²) in [7, 11) is 1.28. The lowest BCUT2D eigenvalue weighted by atomic mass is 9.46. The van der Waals surface area contributed by atoms with Gasteiger partial charge in [-0.15, -0.1) is 0 Å². The Kier molecular flexibility index (Phi) is 7.56. The average Bonchev–Trinajstić information content (AvgIpc) is 3.48. The van der Waals surface area contributed by atoms with Crippen molar-refractivity contribution in [1.82, 2.24) is 0 Å². The van der Waals surface area contributed by atoms with Crippen molar-refractivity contribution in [2.24, 2.45) is 39.9 Å². The summed E-state index contributed by atoms with van der Waals surface area (Å²) in [5.41, 5.74) is -3.59. The van der Waals surface area contributed by atoms with Gasteiger partial charge in [-0.1, -0.05) is 54.2 Å². The van der Waals surface area contributed by atoms with Crippen molar-refractivity contribution in [3.63, 3.8) is 0 Å². The Morgan fingerprint density at radius 3 is 2.34 bits per heavy atom. The van der Waals surface area contributed by atoms with Gasteiger partial charge in [-0.2, -0.15) is 0 Å². The fourth-order valence-electron chi connectivity index (χ4n) is 8.80. The van der Waals surface area contributed by atoms with Crippen molar-refractivity contribution in [3.05, 3.63) is 36.0 Å². The summed E-state index contributed by atoms with van der Waals surface area (Å²) in [6.45, 7) is 16.4. The molecule has 2 saturated carbocycles. The van der Waals surface area contributed by atoms with E-state index in [1.807, 2.05) is 13.8 Å². The molecule has 3 fully saturated rings. The highest BCUT2D eigenvalue weighted by Gasteiger charge is 2.84. The van der Waals surface area contributed by atoms with Crippen molar-refractivity contribution in [2.75, 3.05) is 7.11 Å². The van der Waals surface area contributed by atoms with E-state index in [2.05, 4.69) is 6.58 Å². The molecule has 0 radical (unpaired) electrons. The molecule has 0 bridgehead atoms. The van der Waals surface area contributed by atoms with Gasteiger partial charge in [0.1, 0.15) is 17.8 Å². The van der Waals surface area contributed by atoms with Crippen LogP contribution in [0.1, 0.15) is 61.3 Å². The van der Waals surface area contributed by atoms with Crippen molar-refractivity contribution < 1.29 is 52.8 Å². The van der Waals surface area contributed by atoms with Crippen LogP contribution >= 0.6 is 0 Å². The predicted octanol–water partition coefficient (Wildman–Crippen LogP) is 2.99. The van der Waals surface area contributed by atoms with E-state index in [0.717, 1.165) is 0 Å². The van der Waals surface area contributed by atoms with Crippen molar-refractivity contribution in [2.45, 2.75) is 91.5 Å². The molecule has 1 N–H and O–H groups in total. The highest BCUT2D eigenvalue weighted by atomic mass is 16.6. The van der Waals surface area contributed by atoms with Gasteiger partial charge >= 0.3 is 23.9 Å². The summed E-state index contributed by atoms with van der Waals surface area (Å²) in [5.74, 6) is -5.15. The van der Waals surface area contributed by atoms with Crippen LogP contribution in [0.3, 0.4) is 0 Å². The first-order chi connectivity index (χ1) is 20.4. The molecule has 0 aromatic carbocycles. The Hall–Kier alpha value is -3.31. The Bertz CT molecular complexity index is 1390. The number of epoxide rings is 1. The van der Waals surface area contributed by atoms with E-state index < -0.39 is 94.0 Å². The first-order valence-electron chi connectivity index (χ1n) is 15.0. The summed E-state index contributed by atoms with van der Waals surface area (Å²) in [5, 5.41) is 10.1. The van der Waals surface area contributed by atoms with Gasteiger partial charge in [0.15, 0.2) is 5.78 Å². The number of ketones is 1. The van der Waals surface area contributed by atoms with Gasteiger partial charge in [0.05, 0.1) is 31.0 Å².